The monoisotopic (exact) mass is 254 g/mol. The molecule has 2 saturated heterocycles. The maximum Gasteiger partial charge on any atom is 0.0627 e. The number of nitrogens with two attached hydrogens (primary N) is 1. The van der Waals surface area contributed by atoms with Crippen LogP contribution in [0.1, 0.15) is 30.9 Å². The van der Waals surface area contributed by atoms with Crippen molar-refractivity contribution in [1.82, 2.24) is 4.98 Å². The van der Waals surface area contributed by atoms with Crippen molar-refractivity contribution in [2.24, 2.45) is 11.7 Å². The summed E-state index contributed by atoms with van der Waals surface area (Å²) in [5, 5.41) is 2.40. The molecule has 0 radical (unpaired) electrons. The first kappa shape index (κ1) is 11.4. The van der Waals surface area contributed by atoms with Gasteiger partial charge in [-0.3, -0.25) is 4.98 Å². The molecular formula is C16H18N2O. The average Bonchev–Trinajstić information content (AvgIpc) is 3.08. The smallest absolute Gasteiger partial charge is 0.0627 e. The van der Waals surface area contributed by atoms with Gasteiger partial charge in [0.1, 0.15) is 0 Å². The molecule has 4 atom stereocenters. The first-order valence-electron chi connectivity index (χ1n) is 7.06. The largest absolute Gasteiger partial charge is 0.375 e. The van der Waals surface area contributed by atoms with Crippen LogP contribution >= 0.6 is 0 Å². The van der Waals surface area contributed by atoms with E-state index in [-0.39, 0.29) is 6.04 Å². The minimum absolute atomic E-state index is 0.0585. The number of fused-ring (bicyclic) bond motifs is 3. The summed E-state index contributed by atoms with van der Waals surface area (Å²) >= 11 is 0. The summed E-state index contributed by atoms with van der Waals surface area (Å²) in [6.07, 6.45) is 8.08. The number of pyridine rings is 1. The van der Waals surface area contributed by atoms with E-state index in [2.05, 4.69) is 23.2 Å². The van der Waals surface area contributed by atoms with Crippen LogP contribution < -0.4 is 5.73 Å². The highest BCUT2D eigenvalue weighted by molar-refractivity contribution is 5.85. The summed E-state index contributed by atoms with van der Waals surface area (Å²) in [5.41, 5.74) is 7.76. The molecule has 0 saturated carbocycles. The molecule has 2 bridgehead atoms. The fourth-order valence-corrected chi connectivity index (χ4v) is 3.71. The molecule has 0 aliphatic carbocycles. The molecule has 3 nitrogen and oxygen atoms in total. The van der Waals surface area contributed by atoms with Gasteiger partial charge in [0, 0.05) is 29.7 Å². The lowest BCUT2D eigenvalue weighted by atomic mass is 9.80. The Bertz CT molecular complexity index is 607. The first-order valence-corrected chi connectivity index (χ1v) is 7.06. The molecule has 3 heteroatoms. The van der Waals surface area contributed by atoms with Crippen LogP contribution in [0.2, 0.25) is 0 Å². The van der Waals surface area contributed by atoms with E-state index in [1.807, 2.05) is 18.5 Å². The Morgan fingerprint density at radius 1 is 1.26 bits per heavy atom. The Morgan fingerprint density at radius 3 is 3.00 bits per heavy atom. The molecule has 4 rings (SSSR count). The zero-order valence-electron chi connectivity index (χ0n) is 10.8. The first-order chi connectivity index (χ1) is 9.33. The highest BCUT2D eigenvalue weighted by Crippen LogP contribution is 2.44. The van der Waals surface area contributed by atoms with Crippen molar-refractivity contribution in [1.29, 1.82) is 0 Å². The fraction of sp³-hybridized carbons (Fsp3) is 0.438. The minimum atomic E-state index is 0.0585. The van der Waals surface area contributed by atoms with Crippen LogP contribution in [0.3, 0.4) is 0 Å². The molecule has 2 aliphatic rings. The summed E-state index contributed by atoms with van der Waals surface area (Å²) in [6, 6.07) is 8.45. The maximum atomic E-state index is 6.55. The molecule has 0 spiro atoms. The van der Waals surface area contributed by atoms with Crippen molar-refractivity contribution in [2.75, 3.05) is 0 Å². The van der Waals surface area contributed by atoms with Gasteiger partial charge in [-0.2, -0.15) is 0 Å². The summed E-state index contributed by atoms with van der Waals surface area (Å²) < 4.78 is 5.94. The number of benzene rings is 1. The summed E-state index contributed by atoms with van der Waals surface area (Å²) in [6.45, 7) is 0. The zero-order chi connectivity index (χ0) is 12.8. The van der Waals surface area contributed by atoms with Gasteiger partial charge >= 0.3 is 0 Å². The summed E-state index contributed by atoms with van der Waals surface area (Å²) in [7, 11) is 0. The Labute approximate surface area is 112 Å². The Kier molecular flexibility index (Phi) is 2.57. The average molecular weight is 254 g/mol. The lowest BCUT2D eigenvalue weighted by Gasteiger charge is -2.26. The highest BCUT2D eigenvalue weighted by Gasteiger charge is 2.43. The number of hydrogen-bond acceptors (Lipinski definition) is 3. The van der Waals surface area contributed by atoms with Gasteiger partial charge in [0.2, 0.25) is 0 Å². The van der Waals surface area contributed by atoms with Gasteiger partial charge < -0.3 is 10.5 Å². The van der Waals surface area contributed by atoms with Crippen molar-refractivity contribution in [2.45, 2.75) is 37.5 Å². The van der Waals surface area contributed by atoms with E-state index < -0.39 is 0 Å². The quantitative estimate of drug-likeness (QED) is 0.896. The van der Waals surface area contributed by atoms with Crippen molar-refractivity contribution in [3.05, 3.63) is 42.2 Å². The second-order valence-corrected chi connectivity index (χ2v) is 5.74. The van der Waals surface area contributed by atoms with Crippen LogP contribution in [0.25, 0.3) is 10.8 Å². The molecule has 3 heterocycles. The lowest BCUT2D eigenvalue weighted by Crippen LogP contribution is -2.29. The SMILES string of the molecule is NC(c1cccc2ccncc12)C1CC2CCC1O2. The number of hydrogen-bond donors (Lipinski definition) is 1. The lowest BCUT2D eigenvalue weighted by molar-refractivity contribution is 0.0885. The van der Waals surface area contributed by atoms with Crippen LogP contribution in [0.5, 0.6) is 0 Å². The number of ether oxygens (including phenoxy) is 1. The third-order valence-corrected chi connectivity index (χ3v) is 4.69. The molecular weight excluding hydrogens is 236 g/mol. The van der Waals surface area contributed by atoms with Crippen LogP contribution in [0, 0.1) is 5.92 Å². The number of aromatic nitrogens is 1. The fourth-order valence-electron chi connectivity index (χ4n) is 3.71. The van der Waals surface area contributed by atoms with Crippen LogP contribution in [-0.2, 0) is 4.74 Å². The Balaban J connectivity index is 1.74. The standard InChI is InChI=1S/C16H18N2O/c17-16(13-8-11-4-5-15(13)19-11)12-3-1-2-10-6-7-18-9-14(10)12/h1-3,6-7,9,11,13,15-16H,4-5,8,17H2. The summed E-state index contributed by atoms with van der Waals surface area (Å²) in [5.74, 6) is 0.463. The second kappa shape index (κ2) is 4.29. The van der Waals surface area contributed by atoms with Gasteiger partial charge in [-0.25, -0.2) is 0 Å². The molecule has 2 aliphatic heterocycles. The van der Waals surface area contributed by atoms with E-state index >= 15 is 0 Å². The Morgan fingerprint density at radius 2 is 2.21 bits per heavy atom. The molecule has 2 N–H and O–H groups in total. The van der Waals surface area contributed by atoms with E-state index in [0.717, 1.165) is 6.42 Å². The Hall–Kier alpha value is -1.45. The van der Waals surface area contributed by atoms with Crippen LogP contribution in [0.15, 0.2) is 36.7 Å². The van der Waals surface area contributed by atoms with E-state index in [1.165, 1.54) is 29.2 Å². The van der Waals surface area contributed by atoms with Gasteiger partial charge in [0.25, 0.3) is 0 Å². The van der Waals surface area contributed by atoms with Gasteiger partial charge in [0.15, 0.2) is 0 Å². The van der Waals surface area contributed by atoms with E-state index in [4.69, 9.17) is 10.5 Å². The molecule has 0 amide bonds. The van der Waals surface area contributed by atoms with E-state index in [0.29, 0.717) is 18.1 Å². The van der Waals surface area contributed by atoms with Gasteiger partial charge in [-0.1, -0.05) is 18.2 Å². The predicted octanol–water partition coefficient (Wildman–Crippen LogP) is 2.80. The molecule has 1 aromatic heterocycles. The second-order valence-electron chi connectivity index (χ2n) is 5.74. The van der Waals surface area contributed by atoms with Crippen molar-refractivity contribution in [3.63, 3.8) is 0 Å². The normalized spacial score (nSPS) is 30.9. The molecule has 98 valence electrons. The maximum absolute atomic E-state index is 6.55. The third-order valence-electron chi connectivity index (χ3n) is 4.69. The topological polar surface area (TPSA) is 48.1 Å². The molecule has 2 aromatic rings. The van der Waals surface area contributed by atoms with Gasteiger partial charge in [-0.15, -0.1) is 0 Å². The van der Waals surface area contributed by atoms with Crippen LogP contribution in [0.4, 0.5) is 0 Å². The van der Waals surface area contributed by atoms with Crippen molar-refractivity contribution < 1.29 is 4.74 Å². The van der Waals surface area contributed by atoms with Gasteiger partial charge in [-0.05, 0) is 36.3 Å². The van der Waals surface area contributed by atoms with E-state index in [9.17, 15) is 0 Å². The highest BCUT2D eigenvalue weighted by atomic mass is 16.5. The predicted molar refractivity (Wildman–Crippen MR) is 74.7 cm³/mol. The van der Waals surface area contributed by atoms with E-state index in [1.54, 1.807) is 0 Å². The third kappa shape index (κ3) is 1.77. The van der Waals surface area contributed by atoms with Crippen molar-refractivity contribution in [3.8, 4) is 0 Å². The van der Waals surface area contributed by atoms with Crippen molar-refractivity contribution >= 4 is 10.8 Å². The van der Waals surface area contributed by atoms with Gasteiger partial charge in [0.05, 0.1) is 12.2 Å². The number of nitrogens with zero attached hydrogens (tertiary/aromatic N) is 1. The molecule has 19 heavy (non-hydrogen) atoms. The number of rotatable bonds is 2. The van der Waals surface area contributed by atoms with Crippen LogP contribution in [-0.4, -0.2) is 17.2 Å². The molecule has 1 aromatic carbocycles. The molecule has 2 fully saturated rings. The zero-order valence-corrected chi connectivity index (χ0v) is 10.8. The summed E-state index contributed by atoms with van der Waals surface area (Å²) in [4.78, 5) is 4.24. The minimum Gasteiger partial charge on any atom is -0.375 e. The molecule has 4 unspecified atom stereocenters.